The highest BCUT2D eigenvalue weighted by molar-refractivity contribution is 9.10. The number of nitrogens with zero attached hydrogens (tertiary/aromatic N) is 1. The summed E-state index contributed by atoms with van der Waals surface area (Å²) in [7, 11) is 1.56. The van der Waals surface area contributed by atoms with Gasteiger partial charge in [-0.05, 0) is 55.2 Å². The fourth-order valence-electron chi connectivity index (χ4n) is 0.887. The minimum Gasteiger partial charge on any atom is -0.427 e. The molecule has 1 rings (SSSR count). The molecule has 6 heteroatoms. The molecule has 17 heavy (non-hydrogen) atoms. The van der Waals surface area contributed by atoms with Gasteiger partial charge in [-0.25, -0.2) is 4.98 Å². The van der Waals surface area contributed by atoms with Crippen molar-refractivity contribution in [3.8, 4) is 0 Å². The molecule has 0 unspecified atom stereocenters. The molecule has 0 amide bonds. The molecule has 0 bridgehead atoms. The van der Waals surface area contributed by atoms with E-state index in [1.54, 1.807) is 27.5 Å². The van der Waals surface area contributed by atoms with E-state index in [4.69, 9.17) is 10.4 Å². The Balaban J connectivity index is 2.71. The molecule has 1 aromatic heterocycles. The third-order valence-corrected chi connectivity index (χ3v) is 3.49. The van der Waals surface area contributed by atoms with Crippen LogP contribution in [0.5, 0.6) is 0 Å². The summed E-state index contributed by atoms with van der Waals surface area (Å²) in [6, 6.07) is 1.81. The van der Waals surface area contributed by atoms with E-state index in [0.717, 1.165) is 9.94 Å². The highest BCUT2D eigenvalue weighted by atomic mass is 79.9. The molecule has 3 N–H and O–H groups in total. The van der Waals surface area contributed by atoms with Gasteiger partial charge in [-0.1, -0.05) is 0 Å². The number of pyridine rings is 1. The van der Waals surface area contributed by atoms with Gasteiger partial charge in [-0.2, -0.15) is 0 Å². The summed E-state index contributed by atoms with van der Waals surface area (Å²) in [4.78, 5) is 4.00. The summed E-state index contributed by atoms with van der Waals surface area (Å²) in [6.07, 6.45) is 1.61. The van der Waals surface area contributed by atoms with E-state index in [1.165, 1.54) is 0 Å². The Morgan fingerprint density at radius 3 is 2.47 bits per heavy atom. The molecule has 1 radical (unpaired) electrons. The Kier molecular flexibility index (Phi) is 4.22. The van der Waals surface area contributed by atoms with Gasteiger partial charge in [-0.15, -0.1) is 0 Å². The first-order valence-electron chi connectivity index (χ1n) is 5.28. The zero-order valence-corrected chi connectivity index (χ0v) is 12.1. The van der Waals surface area contributed by atoms with Gasteiger partial charge in [0, 0.05) is 6.20 Å². The molecule has 1 heterocycles. The van der Waals surface area contributed by atoms with Crippen LogP contribution in [0.4, 0.5) is 5.82 Å². The van der Waals surface area contributed by atoms with E-state index in [1.807, 2.05) is 19.9 Å². The number of nitrogen functional groups attached to an aromatic ring is 1. The number of nitrogens with two attached hydrogens (primary N) is 1. The lowest BCUT2D eigenvalue weighted by Crippen LogP contribution is -2.49. The van der Waals surface area contributed by atoms with Gasteiger partial charge >= 0.3 is 7.48 Å². The Bertz CT molecular complexity index is 405. The average molecular weight is 300 g/mol. The normalized spacial score (nSPS) is 12.6. The third kappa shape index (κ3) is 3.69. The highest BCUT2D eigenvalue weighted by Gasteiger charge is 2.35. The van der Waals surface area contributed by atoms with E-state index in [0.29, 0.717) is 5.82 Å². The minimum absolute atomic E-state index is 0.434. The van der Waals surface area contributed by atoms with E-state index >= 15 is 0 Å². The van der Waals surface area contributed by atoms with Gasteiger partial charge in [0.05, 0.1) is 15.7 Å². The molecule has 0 aromatic carbocycles. The lowest BCUT2D eigenvalue weighted by atomic mass is 9.83. The van der Waals surface area contributed by atoms with Gasteiger partial charge in [0.15, 0.2) is 0 Å². The second-order valence-corrected chi connectivity index (χ2v) is 5.80. The lowest BCUT2D eigenvalue weighted by molar-refractivity contribution is -0.0893. The molecule has 0 aliphatic heterocycles. The van der Waals surface area contributed by atoms with Crippen LogP contribution in [0.15, 0.2) is 16.7 Å². The van der Waals surface area contributed by atoms with Gasteiger partial charge in [0.1, 0.15) is 5.82 Å². The van der Waals surface area contributed by atoms with Crippen molar-refractivity contribution < 1.29 is 9.76 Å². The van der Waals surface area contributed by atoms with Crippen molar-refractivity contribution in [3.63, 3.8) is 0 Å². The molecule has 1 aromatic rings. The summed E-state index contributed by atoms with van der Waals surface area (Å²) in [5.74, 6) is 0.434. The van der Waals surface area contributed by atoms with Crippen LogP contribution in [0.2, 0.25) is 0 Å². The molecule has 93 valence electrons. The van der Waals surface area contributed by atoms with Gasteiger partial charge in [0.2, 0.25) is 0 Å². The minimum atomic E-state index is -0.942. The number of halogens is 1. The summed E-state index contributed by atoms with van der Waals surface area (Å²) < 4.78 is 6.32. The average Bonchev–Trinajstić information content (AvgIpc) is 2.18. The van der Waals surface area contributed by atoms with Crippen LogP contribution in [0.3, 0.4) is 0 Å². The number of aliphatic hydroxyl groups is 1. The zero-order chi connectivity index (χ0) is 13.3. The fourth-order valence-corrected chi connectivity index (χ4v) is 1.25. The predicted molar refractivity (Wildman–Crippen MR) is 73.2 cm³/mol. The lowest BCUT2D eigenvalue weighted by Gasteiger charge is -2.37. The maximum atomic E-state index is 9.93. The van der Waals surface area contributed by atoms with Crippen molar-refractivity contribution >= 4 is 34.7 Å². The summed E-state index contributed by atoms with van der Waals surface area (Å²) in [5.41, 5.74) is 4.73. The van der Waals surface area contributed by atoms with E-state index < -0.39 is 11.2 Å². The molecule has 0 spiro atoms. The number of rotatable bonds is 4. The fraction of sp³-hybridized carbons (Fsp3) is 0.545. The summed E-state index contributed by atoms with van der Waals surface area (Å²) in [6.45, 7) is 7.06. The second kappa shape index (κ2) is 4.96. The molecule has 0 aliphatic carbocycles. The first-order valence-corrected chi connectivity index (χ1v) is 6.07. The summed E-state index contributed by atoms with van der Waals surface area (Å²) >= 11 is 3.29. The Hall–Kier alpha value is -0.585. The Morgan fingerprint density at radius 1 is 1.41 bits per heavy atom. The molecule has 0 atom stereocenters. The van der Waals surface area contributed by atoms with Crippen LogP contribution in [-0.2, 0) is 4.65 Å². The third-order valence-electron chi connectivity index (χ3n) is 2.85. The van der Waals surface area contributed by atoms with Crippen molar-refractivity contribution in [3.05, 3.63) is 16.7 Å². The zero-order valence-electron chi connectivity index (χ0n) is 10.5. The molecule has 0 saturated carbocycles. The molecular weight excluding hydrogens is 283 g/mol. The standard InChI is InChI=1S/C11H17BBrN2O2/c1-10(2,16)11(3,4)17-12-7-5-8(13)9(14)15-6-7/h5-6,16H,1-4H3,(H2,14,15). The number of anilines is 1. The van der Waals surface area contributed by atoms with Crippen LogP contribution in [0.1, 0.15) is 27.7 Å². The SMILES string of the molecule is CC(C)(O)C(C)(C)O[B]c1cnc(N)c(Br)c1. The van der Waals surface area contributed by atoms with Gasteiger partial charge < -0.3 is 15.5 Å². The van der Waals surface area contributed by atoms with Crippen LogP contribution in [0.25, 0.3) is 0 Å². The summed E-state index contributed by atoms with van der Waals surface area (Å²) in [5, 5.41) is 9.93. The van der Waals surface area contributed by atoms with Crippen LogP contribution in [-0.4, -0.2) is 28.8 Å². The van der Waals surface area contributed by atoms with Crippen molar-refractivity contribution in [2.45, 2.75) is 38.9 Å². The topological polar surface area (TPSA) is 68.4 Å². The van der Waals surface area contributed by atoms with Crippen LogP contribution < -0.4 is 11.2 Å². The molecule has 0 aliphatic rings. The van der Waals surface area contributed by atoms with Crippen LogP contribution >= 0.6 is 15.9 Å². The number of hydrogen-bond donors (Lipinski definition) is 2. The van der Waals surface area contributed by atoms with Crippen molar-refractivity contribution in [2.75, 3.05) is 5.73 Å². The molecular formula is C11H17BBrN2O2. The van der Waals surface area contributed by atoms with E-state index in [2.05, 4.69) is 20.9 Å². The molecule has 0 saturated heterocycles. The van der Waals surface area contributed by atoms with Gasteiger partial charge in [0.25, 0.3) is 0 Å². The Labute approximate surface area is 111 Å². The first-order chi connectivity index (χ1) is 7.63. The van der Waals surface area contributed by atoms with Crippen molar-refractivity contribution in [1.82, 2.24) is 4.98 Å². The largest absolute Gasteiger partial charge is 0.427 e. The van der Waals surface area contributed by atoms with Gasteiger partial charge in [-0.3, -0.25) is 0 Å². The molecule has 4 nitrogen and oxygen atoms in total. The number of aromatic nitrogens is 1. The van der Waals surface area contributed by atoms with Crippen LogP contribution in [0, 0.1) is 0 Å². The smallest absolute Gasteiger partial charge is 0.332 e. The van der Waals surface area contributed by atoms with E-state index in [-0.39, 0.29) is 0 Å². The van der Waals surface area contributed by atoms with Crippen molar-refractivity contribution in [1.29, 1.82) is 0 Å². The Morgan fingerprint density at radius 2 is 2.00 bits per heavy atom. The monoisotopic (exact) mass is 299 g/mol. The van der Waals surface area contributed by atoms with Crippen molar-refractivity contribution in [2.24, 2.45) is 0 Å². The molecule has 0 fully saturated rings. The predicted octanol–water partition coefficient (Wildman–Crippen LogP) is 1.24. The first kappa shape index (κ1) is 14.5. The maximum Gasteiger partial charge on any atom is 0.332 e. The highest BCUT2D eigenvalue weighted by Crippen LogP contribution is 2.24. The maximum absolute atomic E-state index is 9.93. The quantitative estimate of drug-likeness (QED) is 0.821. The number of hydrogen-bond acceptors (Lipinski definition) is 4. The second-order valence-electron chi connectivity index (χ2n) is 4.94. The van der Waals surface area contributed by atoms with E-state index in [9.17, 15) is 5.11 Å².